The maximum atomic E-state index is 12.6. The van der Waals surface area contributed by atoms with Crippen molar-refractivity contribution in [1.29, 1.82) is 0 Å². The molecule has 1 aromatic carbocycles. The Balaban J connectivity index is 1.44. The van der Waals surface area contributed by atoms with Crippen molar-refractivity contribution in [1.82, 2.24) is 14.8 Å². The molecule has 1 fully saturated rings. The highest BCUT2D eigenvalue weighted by Crippen LogP contribution is 2.18. The first-order valence-corrected chi connectivity index (χ1v) is 10.5. The molecular weight excluding hydrogens is 396 g/mol. The Morgan fingerprint density at radius 2 is 1.71 bits per heavy atom. The van der Waals surface area contributed by atoms with Gasteiger partial charge in [0.05, 0.1) is 0 Å². The molecule has 0 spiro atoms. The van der Waals surface area contributed by atoms with Crippen LogP contribution >= 0.6 is 0 Å². The minimum atomic E-state index is -0.697. The summed E-state index contributed by atoms with van der Waals surface area (Å²) in [6.45, 7) is 3.43. The van der Waals surface area contributed by atoms with E-state index in [0.29, 0.717) is 38.2 Å². The van der Waals surface area contributed by atoms with E-state index in [0.717, 1.165) is 12.0 Å². The molecule has 3 amide bonds. The number of carbonyl (C=O) groups excluding carboxylic acids is 3. The Bertz CT molecular complexity index is 1000. The van der Waals surface area contributed by atoms with Crippen molar-refractivity contribution in [2.75, 3.05) is 25.0 Å². The molecular formula is C23H28N4O4. The summed E-state index contributed by atoms with van der Waals surface area (Å²) >= 11 is 0. The quantitative estimate of drug-likeness (QED) is 0.712. The molecule has 3 rings (SSSR count). The average Bonchev–Trinajstić information content (AvgIpc) is 2.79. The van der Waals surface area contributed by atoms with Crippen molar-refractivity contribution in [3.63, 3.8) is 0 Å². The van der Waals surface area contributed by atoms with Crippen LogP contribution < -0.4 is 16.2 Å². The summed E-state index contributed by atoms with van der Waals surface area (Å²) in [5, 5.41) is 5.27. The summed E-state index contributed by atoms with van der Waals surface area (Å²) in [5.74, 6) is -1.47. The standard InChI is InChI=1S/C23H28N4O4/c1-3-16-6-8-18(9-7-16)25-21(29)20(28)24-15-17-10-13-27(14-11-17)23(31)19-5-4-12-26(2)22(19)30/h4-9,12,17H,3,10-11,13-15H2,1-2H3,(H,24,28)(H,25,29). The van der Waals surface area contributed by atoms with Crippen LogP contribution in [0.2, 0.25) is 0 Å². The number of aromatic nitrogens is 1. The molecule has 0 aliphatic carbocycles. The Kier molecular flexibility index (Phi) is 7.23. The van der Waals surface area contributed by atoms with E-state index in [1.54, 1.807) is 42.4 Å². The zero-order chi connectivity index (χ0) is 22.4. The molecule has 1 aliphatic rings. The maximum Gasteiger partial charge on any atom is 0.313 e. The predicted octanol–water partition coefficient (Wildman–Crippen LogP) is 1.55. The fourth-order valence-corrected chi connectivity index (χ4v) is 3.60. The number of benzene rings is 1. The third kappa shape index (κ3) is 5.59. The number of amides is 3. The van der Waals surface area contributed by atoms with Crippen molar-refractivity contribution in [2.45, 2.75) is 26.2 Å². The maximum absolute atomic E-state index is 12.6. The Morgan fingerprint density at radius 3 is 2.35 bits per heavy atom. The number of pyridine rings is 1. The van der Waals surface area contributed by atoms with Crippen LogP contribution in [0, 0.1) is 5.92 Å². The Labute approximate surface area is 181 Å². The van der Waals surface area contributed by atoms with Gasteiger partial charge < -0.3 is 20.1 Å². The lowest BCUT2D eigenvalue weighted by molar-refractivity contribution is -0.136. The first-order valence-electron chi connectivity index (χ1n) is 10.5. The zero-order valence-electron chi connectivity index (χ0n) is 17.9. The zero-order valence-corrected chi connectivity index (χ0v) is 17.9. The SMILES string of the molecule is CCc1ccc(NC(=O)C(=O)NCC2CCN(C(=O)c3cccn(C)c3=O)CC2)cc1. The number of likely N-dealkylation sites (tertiary alicyclic amines) is 1. The van der Waals surface area contributed by atoms with E-state index in [1.807, 2.05) is 19.1 Å². The number of piperidine rings is 1. The highest BCUT2D eigenvalue weighted by atomic mass is 16.2. The van der Waals surface area contributed by atoms with Gasteiger partial charge >= 0.3 is 11.8 Å². The number of aryl methyl sites for hydroxylation is 2. The van der Waals surface area contributed by atoms with Gasteiger partial charge in [-0.05, 0) is 55.0 Å². The molecule has 164 valence electrons. The van der Waals surface area contributed by atoms with E-state index in [1.165, 1.54) is 4.57 Å². The molecule has 8 nitrogen and oxygen atoms in total. The fourth-order valence-electron chi connectivity index (χ4n) is 3.60. The molecule has 0 bridgehead atoms. The molecule has 0 saturated carbocycles. The minimum absolute atomic E-state index is 0.167. The molecule has 0 radical (unpaired) electrons. The summed E-state index contributed by atoms with van der Waals surface area (Å²) in [6, 6.07) is 10.6. The normalized spacial score (nSPS) is 14.2. The van der Waals surface area contributed by atoms with Gasteiger partial charge in [0, 0.05) is 38.6 Å². The summed E-state index contributed by atoms with van der Waals surface area (Å²) in [6.07, 6.45) is 3.91. The number of hydrogen-bond acceptors (Lipinski definition) is 4. The Morgan fingerprint density at radius 1 is 1.03 bits per heavy atom. The average molecular weight is 425 g/mol. The van der Waals surface area contributed by atoms with Crippen LogP contribution in [0.1, 0.15) is 35.7 Å². The van der Waals surface area contributed by atoms with Crippen LogP contribution in [-0.4, -0.2) is 46.8 Å². The van der Waals surface area contributed by atoms with E-state index >= 15 is 0 Å². The first kappa shape index (κ1) is 22.3. The van der Waals surface area contributed by atoms with Crippen LogP contribution in [0.25, 0.3) is 0 Å². The molecule has 1 aliphatic heterocycles. The first-order chi connectivity index (χ1) is 14.9. The summed E-state index contributed by atoms with van der Waals surface area (Å²) < 4.78 is 1.39. The highest BCUT2D eigenvalue weighted by molar-refractivity contribution is 6.39. The van der Waals surface area contributed by atoms with E-state index in [4.69, 9.17) is 0 Å². The minimum Gasteiger partial charge on any atom is -0.348 e. The monoisotopic (exact) mass is 424 g/mol. The van der Waals surface area contributed by atoms with Gasteiger partial charge in [0.15, 0.2) is 0 Å². The summed E-state index contributed by atoms with van der Waals surface area (Å²) in [5.41, 5.74) is 1.59. The number of nitrogens with one attached hydrogen (secondary N) is 2. The number of rotatable bonds is 5. The molecule has 0 atom stereocenters. The van der Waals surface area contributed by atoms with Gasteiger partial charge in [0.2, 0.25) is 0 Å². The lowest BCUT2D eigenvalue weighted by Gasteiger charge is -2.32. The third-order valence-electron chi connectivity index (χ3n) is 5.63. The van der Waals surface area contributed by atoms with Crippen molar-refractivity contribution in [2.24, 2.45) is 13.0 Å². The molecule has 2 aromatic rings. The van der Waals surface area contributed by atoms with E-state index < -0.39 is 11.8 Å². The second-order valence-electron chi connectivity index (χ2n) is 7.79. The summed E-state index contributed by atoms with van der Waals surface area (Å²) in [4.78, 5) is 50.7. The van der Waals surface area contributed by atoms with Crippen LogP contribution in [0.3, 0.4) is 0 Å². The number of nitrogens with zero attached hydrogens (tertiary/aromatic N) is 2. The lowest BCUT2D eigenvalue weighted by Crippen LogP contribution is -2.44. The van der Waals surface area contributed by atoms with Gasteiger partial charge in [-0.25, -0.2) is 0 Å². The van der Waals surface area contributed by atoms with Gasteiger partial charge in [0.25, 0.3) is 11.5 Å². The third-order valence-corrected chi connectivity index (χ3v) is 5.63. The second-order valence-corrected chi connectivity index (χ2v) is 7.79. The van der Waals surface area contributed by atoms with Crippen LogP contribution in [-0.2, 0) is 23.1 Å². The molecule has 31 heavy (non-hydrogen) atoms. The number of anilines is 1. The molecule has 0 unspecified atom stereocenters. The number of hydrogen-bond donors (Lipinski definition) is 2. The van der Waals surface area contributed by atoms with Gasteiger partial charge in [-0.1, -0.05) is 19.1 Å². The van der Waals surface area contributed by atoms with Gasteiger partial charge in [-0.15, -0.1) is 0 Å². The van der Waals surface area contributed by atoms with Crippen molar-refractivity contribution in [3.05, 3.63) is 64.1 Å². The van der Waals surface area contributed by atoms with E-state index in [2.05, 4.69) is 10.6 Å². The fraction of sp³-hybridized carbons (Fsp3) is 0.391. The van der Waals surface area contributed by atoms with Gasteiger partial charge in [-0.2, -0.15) is 0 Å². The molecule has 1 aromatic heterocycles. The smallest absolute Gasteiger partial charge is 0.313 e. The second kappa shape index (κ2) is 10.1. The Hall–Kier alpha value is -3.42. The van der Waals surface area contributed by atoms with Crippen LogP contribution in [0.5, 0.6) is 0 Å². The van der Waals surface area contributed by atoms with Crippen LogP contribution in [0.4, 0.5) is 5.69 Å². The van der Waals surface area contributed by atoms with Crippen molar-refractivity contribution >= 4 is 23.4 Å². The highest BCUT2D eigenvalue weighted by Gasteiger charge is 2.26. The van der Waals surface area contributed by atoms with Gasteiger partial charge in [0.1, 0.15) is 5.56 Å². The van der Waals surface area contributed by atoms with Crippen molar-refractivity contribution < 1.29 is 14.4 Å². The predicted molar refractivity (Wildman–Crippen MR) is 118 cm³/mol. The molecule has 8 heteroatoms. The van der Waals surface area contributed by atoms with Gasteiger partial charge in [-0.3, -0.25) is 19.2 Å². The largest absolute Gasteiger partial charge is 0.348 e. The van der Waals surface area contributed by atoms with Crippen LogP contribution in [0.15, 0.2) is 47.4 Å². The lowest BCUT2D eigenvalue weighted by atomic mass is 9.96. The topological polar surface area (TPSA) is 101 Å². The molecule has 2 heterocycles. The molecule has 1 saturated heterocycles. The van der Waals surface area contributed by atoms with Crippen molar-refractivity contribution in [3.8, 4) is 0 Å². The van der Waals surface area contributed by atoms with E-state index in [9.17, 15) is 19.2 Å². The summed E-state index contributed by atoms with van der Waals surface area (Å²) in [7, 11) is 1.62. The van der Waals surface area contributed by atoms with E-state index in [-0.39, 0.29) is 22.9 Å². The molecule has 2 N–H and O–H groups in total. The number of carbonyl (C=O) groups is 3.